The Morgan fingerprint density at radius 1 is 1.16 bits per heavy atom. The maximum absolute atomic E-state index is 13.6. The van der Waals surface area contributed by atoms with Gasteiger partial charge in [-0.2, -0.15) is 0 Å². The third kappa shape index (κ3) is 4.80. The Bertz CT molecular complexity index is 727. The van der Waals surface area contributed by atoms with Gasteiger partial charge in [-0.15, -0.1) is 11.8 Å². The Morgan fingerprint density at radius 2 is 1.96 bits per heavy atom. The fourth-order valence-electron chi connectivity index (χ4n) is 3.07. The highest BCUT2D eigenvalue weighted by Crippen LogP contribution is 2.27. The van der Waals surface area contributed by atoms with Crippen LogP contribution in [0.15, 0.2) is 53.4 Å². The first-order valence-electron chi connectivity index (χ1n) is 8.26. The van der Waals surface area contributed by atoms with E-state index in [0.29, 0.717) is 12.3 Å². The topological polar surface area (TPSA) is 41.1 Å². The SMILES string of the molecule is O=C(CSc1ccccc1)NC1CNCCC1c1ccc(F)c(F)c1. The van der Waals surface area contributed by atoms with Crippen LogP contribution in [-0.2, 0) is 4.79 Å². The van der Waals surface area contributed by atoms with E-state index in [1.165, 1.54) is 17.8 Å². The monoisotopic (exact) mass is 362 g/mol. The van der Waals surface area contributed by atoms with Crippen LogP contribution in [0.3, 0.4) is 0 Å². The number of benzene rings is 2. The van der Waals surface area contributed by atoms with Crippen LogP contribution in [0.4, 0.5) is 8.78 Å². The molecule has 1 aliphatic rings. The van der Waals surface area contributed by atoms with Crippen molar-refractivity contribution in [3.63, 3.8) is 0 Å². The second-order valence-electron chi connectivity index (χ2n) is 6.05. The summed E-state index contributed by atoms with van der Waals surface area (Å²) in [5.74, 6) is -1.46. The molecule has 0 radical (unpaired) electrons. The quantitative estimate of drug-likeness (QED) is 0.802. The lowest BCUT2D eigenvalue weighted by atomic mass is 9.86. The molecule has 2 unspecified atom stereocenters. The number of hydrogen-bond donors (Lipinski definition) is 2. The van der Waals surface area contributed by atoms with Crippen molar-refractivity contribution in [2.45, 2.75) is 23.3 Å². The molecular formula is C19H20F2N2OS. The predicted molar refractivity (Wildman–Crippen MR) is 95.7 cm³/mol. The minimum Gasteiger partial charge on any atom is -0.351 e. The van der Waals surface area contributed by atoms with Crippen LogP contribution < -0.4 is 10.6 Å². The molecule has 3 nitrogen and oxygen atoms in total. The summed E-state index contributed by atoms with van der Waals surface area (Å²) in [6.45, 7) is 1.40. The lowest BCUT2D eigenvalue weighted by Crippen LogP contribution is -2.50. The number of rotatable bonds is 5. The summed E-state index contributed by atoms with van der Waals surface area (Å²) in [5.41, 5.74) is 0.724. The summed E-state index contributed by atoms with van der Waals surface area (Å²) < 4.78 is 26.7. The summed E-state index contributed by atoms with van der Waals surface area (Å²) in [6, 6.07) is 13.6. The van der Waals surface area contributed by atoms with Gasteiger partial charge in [-0.1, -0.05) is 24.3 Å². The third-order valence-corrected chi connectivity index (χ3v) is 5.33. The fourth-order valence-corrected chi connectivity index (χ4v) is 3.80. The van der Waals surface area contributed by atoms with E-state index < -0.39 is 11.6 Å². The molecule has 1 fully saturated rings. The minimum atomic E-state index is -0.850. The minimum absolute atomic E-state index is 0.0259. The van der Waals surface area contributed by atoms with Crippen molar-refractivity contribution < 1.29 is 13.6 Å². The van der Waals surface area contributed by atoms with Crippen molar-refractivity contribution in [3.05, 3.63) is 65.7 Å². The van der Waals surface area contributed by atoms with Crippen LogP contribution in [0.5, 0.6) is 0 Å². The maximum atomic E-state index is 13.6. The van der Waals surface area contributed by atoms with Gasteiger partial charge in [-0.25, -0.2) is 8.78 Å². The van der Waals surface area contributed by atoms with Crippen LogP contribution >= 0.6 is 11.8 Å². The first-order chi connectivity index (χ1) is 12.1. The highest BCUT2D eigenvalue weighted by molar-refractivity contribution is 8.00. The zero-order valence-corrected chi connectivity index (χ0v) is 14.5. The Morgan fingerprint density at radius 3 is 2.72 bits per heavy atom. The zero-order valence-electron chi connectivity index (χ0n) is 13.7. The van der Waals surface area contributed by atoms with Crippen molar-refractivity contribution in [1.29, 1.82) is 0 Å². The fraction of sp³-hybridized carbons (Fsp3) is 0.316. The van der Waals surface area contributed by atoms with E-state index >= 15 is 0 Å². The van der Waals surface area contributed by atoms with Gasteiger partial charge in [0, 0.05) is 23.4 Å². The summed E-state index contributed by atoms with van der Waals surface area (Å²) in [4.78, 5) is 13.3. The molecule has 0 aromatic heterocycles. The number of carbonyl (C=O) groups is 1. The molecule has 2 aromatic rings. The van der Waals surface area contributed by atoms with E-state index in [1.54, 1.807) is 6.07 Å². The average molecular weight is 362 g/mol. The van der Waals surface area contributed by atoms with Gasteiger partial charge in [0.2, 0.25) is 5.91 Å². The molecule has 132 valence electrons. The number of hydrogen-bond acceptors (Lipinski definition) is 3. The van der Waals surface area contributed by atoms with Gasteiger partial charge >= 0.3 is 0 Å². The molecule has 0 saturated carbocycles. The number of amides is 1. The van der Waals surface area contributed by atoms with E-state index in [1.807, 2.05) is 30.3 Å². The highest BCUT2D eigenvalue weighted by atomic mass is 32.2. The molecule has 0 bridgehead atoms. The zero-order chi connectivity index (χ0) is 17.6. The molecule has 2 atom stereocenters. The highest BCUT2D eigenvalue weighted by Gasteiger charge is 2.28. The number of nitrogens with one attached hydrogen (secondary N) is 2. The van der Waals surface area contributed by atoms with Crippen molar-refractivity contribution in [2.24, 2.45) is 0 Å². The van der Waals surface area contributed by atoms with Crippen LogP contribution in [0.25, 0.3) is 0 Å². The molecule has 1 aliphatic heterocycles. The molecule has 2 N–H and O–H groups in total. The first kappa shape index (κ1) is 17.9. The third-order valence-electron chi connectivity index (χ3n) is 4.31. The van der Waals surface area contributed by atoms with E-state index in [9.17, 15) is 13.6 Å². The predicted octanol–water partition coefficient (Wildman–Crippen LogP) is 3.32. The van der Waals surface area contributed by atoms with Gasteiger partial charge in [0.05, 0.1) is 5.75 Å². The van der Waals surface area contributed by atoms with E-state index in [4.69, 9.17) is 0 Å². The van der Waals surface area contributed by atoms with Crippen LogP contribution in [0.2, 0.25) is 0 Å². The van der Waals surface area contributed by atoms with Crippen LogP contribution in [0.1, 0.15) is 17.9 Å². The Kier molecular flexibility index (Phi) is 6.04. The standard InChI is InChI=1S/C19H20F2N2OS/c20-16-7-6-13(10-17(16)21)15-8-9-22-11-18(15)23-19(24)12-25-14-4-2-1-3-5-14/h1-7,10,15,18,22H,8-9,11-12H2,(H,23,24). The summed E-state index contributed by atoms with van der Waals surface area (Å²) >= 11 is 1.48. The molecule has 1 saturated heterocycles. The second-order valence-corrected chi connectivity index (χ2v) is 7.10. The molecule has 0 spiro atoms. The number of thioether (sulfide) groups is 1. The molecule has 3 rings (SSSR count). The van der Waals surface area contributed by atoms with E-state index in [-0.39, 0.29) is 17.9 Å². The maximum Gasteiger partial charge on any atom is 0.230 e. The number of halogens is 2. The normalized spacial score (nSPS) is 20.2. The molecular weight excluding hydrogens is 342 g/mol. The summed E-state index contributed by atoms with van der Waals surface area (Å²) in [7, 11) is 0. The van der Waals surface area contributed by atoms with E-state index in [0.717, 1.165) is 29.5 Å². The van der Waals surface area contributed by atoms with Crippen LogP contribution in [0, 0.1) is 11.6 Å². The van der Waals surface area contributed by atoms with Gasteiger partial charge in [0.1, 0.15) is 0 Å². The lowest BCUT2D eigenvalue weighted by Gasteiger charge is -2.33. The molecule has 1 heterocycles. The van der Waals surface area contributed by atoms with Crippen molar-refractivity contribution >= 4 is 17.7 Å². The van der Waals surface area contributed by atoms with Crippen molar-refractivity contribution in [1.82, 2.24) is 10.6 Å². The Hall–Kier alpha value is -1.92. The van der Waals surface area contributed by atoms with Gasteiger partial charge in [-0.3, -0.25) is 4.79 Å². The van der Waals surface area contributed by atoms with Crippen LogP contribution in [-0.4, -0.2) is 30.8 Å². The van der Waals surface area contributed by atoms with Gasteiger partial charge < -0.3 is 10.6 Å². The summed E-state index contributed by atoms with van der Waals surface area (Å²) in [5, 5.41) is 6.28. The van der Waals surface area contributed by atoms with Gasteiger partial charge in [0.15, 0.2) is 11.6 Å². The molecule has 25 heavy (non-hydrogen) atoms. The van der Waals surface area contributed by atoms with Gasteiger partial charge in [0.25, 0.3) is 0 Å². The molecule has 0 aliphatic carbocycles. The largest absolute Gasteiger partial charge is 0.351 e. The van der Waals surface area contributed by atoms with Gasteiger partial charge in [-0.05, 0) is 42.8 Å². The number of piperidine rings is 1. The number of carbonyl (C=O) groups excluding carboxylic acids is 1. The second kappa shape index (κ2) is 8.45. The lowest BCUT2D eigenvalue weighted by molar-refractivity contribution is -0.119. The summed E-state index contributed by atoms with van der Waals surface area (Å²) in [6.07, 6.45) is 0.766. The first-order valence-corrected chi connectivity index (χ1v) is 9.25. The molecule has 6 heteroatoms. The Labute approximate surface area is 150 Å². The molecule has 1 amide bonds. The average Bonchev–Trinajstić information content (AvgIpc) is 2.64. The molecule has 2 aromatic carbocycles. The smallest absolute Gasteiger partial charge is 0.230 e. The van der Waals surface area contributed by atoms with Crippen molar-refractivity contribution in [2.75, 3.05) is 18.8 Å². The van der Waals surface area contributed by atoms with E-state index in [2.05, 4.69) is 10.6 Å². The Balaban J connectivity index is 1.62. The van der Waals surface area contributed by atoms with Crippen molar-refractivity contribution in [3.8, 4) is 0 Å².